The fraction of sp³-hybridized carbons (Fsp3) is 0.440. The van der Waals surface area contributed by atoms with E-state index in [2.05, 4.69) is 5.32 Å². The van der Waals surface area contributed by atoms with Crippen molar-refractivity contribution in [3.63, 3.8) is 0 Å². The van der Waals surface area contributed by atoms with Crippen molar-refractivity contribution in [2.75, 3.05) is 33.0 Å². The highest BCUT2D eigenvalue weighted by Crippen LogP contribution is 2.26. The summed E-state index contributed by atoms with van der Waals surface area (Å²) in [6.45, 7) is 2.34. The van der Waals surface area contributed by atoms with Gasteiger partial charge >= 0.3 is 5.97 Å². The summed E-state index contributed by atoms with van der Waals surface area (Å²) < 4.78 is 21.8. The van der Waals surface area contributed by atoms with Gasteiger partial charge in [-0.15, -0.1) is 0 Å². The van der Waals surface area contributed by atoms with Gasteiger partial charge in [-0.1, -0.05) is 30.3 Å². The van der Waals surface area contributed by atoms with Crippen molar-refractivity contribution in [3.8, 4) is 16.9 Å². The molecule has 1 heterocycles. The molecule has 190 valence electrons. The van der Waals surface area contributed by atoms with E-state index in [4.69, 9.17) is 18.9 Å². The number of carbonyl (C=O) groups is 2. The molecule has 0 radical (unpaired) electrons. The Morgan fingerprint density at radius 2 is 1.80 bits per heavy atom. The summed E-state index contributed by atoms with van der Waals surface area (Å²) in [7, 11) is 0. The standard InChI is InChI=1S/C25H31NO9/c1-16-21(27)14-22(28)25(35-16)33-10-9-32-8-7-26-23(29)15-34-20-12-18(11-19(13-20)24(30)31)17-5-3-2-4-6-17/h2-6,11-13,16,21-22,25,27-28H,7-10,14-15H2,1H3,(H,26,29)(H,30,31)/t16-,21?,22+,25?/m0/s1. The Morgan fingerprint density at radius 1 is 1.03 bits per heavy atom. The maximum Gasteiger partial charge on any atom is 0.335 e. The molecule has 4 N–H and O–H groups in total. The van der Waals surface area contributed by atoms with E-state index in [1.807, 2.05) is 30.3 Å². The molecular formula is C25H31NO9. The highest BCUT2D eigenvalue weighted by Gasteiger charge is 2.34. The first-order chi connectivity index (χ1) is 16.8. The monoisotopic (exact) mass is 489 g/mol. The number of nitrogens with one attached hydrogen (secondary N) is 1. The van der Waals surface area contributed by atoms with Crippen LogP contribution >= 0.6 is 0 Å². The fourth-order valence-electron chi connectivity index (χ4n) is 3.48. The average molecular weight is 490 g/mol. The molecule has 1 saturated heterocycles. The maximum atomic E-state index is 12.1. The Morgan fingerprint density at radius 3 is 2.54 bits per heavy atom. The summed E-state index contributed by atoms with van der Waals surface area (Å²) in [4.78, 5) is 23.6. The lowest BCUT2D eigenvalue weighted by Gasteiger charge is -2.35. The van der Waals surface area contributed by atoms with Crippen LogP contribution in [0.4, 0.5) is 0 Å². The van der Waals surface area contributed by atoms with Gasteiger partial charge in [0.2, 0.25) is 0 Å². The second-order valence-electron chi connectivity index (χ2n) is 8.12. The van der Waals surface area contributed by atoms with Crippen LogP contribution in [0.5, 0.6) is 5.75 Å². The Bertz CT molecular complexity index is 969. The number of carboxylic acids is 1. The molecule has 0 aliphatic carbocycles. The number of ether oxygens (including phenoxy) is 4. The second-order valence-corrected chi connectivity index (χ2v) is 8.12. The Hall–Kier alpha value is -3.02. The normalized spacial score (nSPS) is 21.9. The molecule has 1 aliphatic rings. The molecule has 0 aromatic heterocycles. The van der Waals surface area contributed by atoms with Gasteiger partial charge < -0.3 is 39.6 Å². The van der Waals surface area contributed by atoms with Gasteiger partial charge in [0, 0.05) is 13.0 Å². The largest absolute Gasteiger partial charge is 0.484 e. The van der Waals surface area contributed by atoms with Gasteiger partial charge in [0.15, 0.2) is 12.9 Å². The van der Waals surface area contributed by atoms with E-state index < -0.39 is 30.6 Å². The zero-order valence-corrected chi connectivity index (χ0v) is 19.5. The third kappa shape index (κ3) is 8.30. The van der Waals surface area contributed by atoms with E-state index in [0.717, 1.165) is 5.56 Å². The molecule has 2 aromatic rings. The van der Waals surface area contributed by atoms with Crippen LogP contribution in [0.2, 0.25) is 0 Å². The van der Waals surface area contributed by atoms with Gasteiger partial charge in [-0.25, -0.2) is 4.79 Å². The van der Waals surface area contributed by atoms with Crippen LogP contribution in [0, 0.1) is 0 Å². The first-order valence-corrected chi connectivity index (χ1v) is 11.4. The second kappa shape index (κ2) is 13.2. The molecule has 0 saturated carbocycles. The molecule has 1 aliphatic heterocycles. The van der Waals surface area contributed by atoms with Crippen LogP contribution in [0.3, 0.4) is 0 Å². The smallest absolute Gasteiger partial charge is 0.335 e. The third-order valence-electron chi connectivity index (χ3n) is 5.40. The zero-order valence-electron chi connectivity index (χ0n) is 19.5. The number of hydrogen-bond donors (Lipinski definition) is 4. The Labute approximate surface area is 203 Å². The summed E-state index contributed by atoms with van der Waals surface area (Å²) in [5.74, 6) is -1.19. The number of amides is 1. The van der Waals surface area contributed by atoms with Crippen LogP contribution in [-0.2, 0) is 19.0 Å². The molecule has 2 unspecified atom stereocenters. The van der Waals surface area contributed by atoms with Crippen LogP contribution in [0.15, 0.2) is 48.5 Å². The van der Waals surface area contributed by atoms with Crippen LogP contribution < -0.4 is 10.1 Å². The fourth-order valence-corrected chi connectivity index (χ4v) is 3.48. The third-order valence-corrected chi connectivity index (χ3v) is 5.40. The number of hydrogen-bond acceptors (Lipinski definition) is 8. The molecule has 4 atom stereocenters. The van der Waals surface area contributed by atoms with Crippen molar-refractivity contribution >= 4 is 11.9 Å². The van der Waals surface area contributed by atoms with Crippen molar-refractivity contribution < 1.29 is 43.9 Å². The summed E-state index contributed by atoms with van der Waals surface area (Å²) in [5.41, 5.74) is 1.57. The minimum absolute atomic E-state index is 0.0640. The molecular weight excluding hydrogens is 458 g/mol. The number of aromatic carboxylic acids is 1. The zero-order chi connectivity index (χ0) is 25.2. The van der Waals surface area contributed by atoms with Gasteiger partial charge in [0.05, 0.1) is 37.6 Å². The molecule has 10 nitrogen and oxygen atoms in total. The average Bonchev–Trinajstić information content (AvgIpc) is 2.85. The first kappa shape index (κ1) is 26.6. The molecule has 0 bridgehead atoms. The number of rotatable bonds is 12. The number of benzene rings is 2. The summed E-state index contributed by atoms with van der Waals surface area (Å²) in [5, 5.41) is 31.6. The lowest BCUT2D eigenvalue weighted by atomic mass is 10.0. The van der Waals surface area contributed by atoms with E-state index in [-0.39, 0.29) is 56.6 Å². The molecule has 2 aromatic carbocycles. The van der Waals surface area contributed by atoms with E-state index in [1.54, 1.807) is 19.1 Å². The van der Waals surface area contributed by atoms with Crippen LogP contribution in [-0.4, -0.2) is 84.8 Å². The Balaban J connectivity index is 1.35. The SMILES string of the molecule is C[C@@H]1OC(OCCOCCNC(=O)COc2cc(C(=O)O)cc(-c3ccccc3)c2)[C@H](O)CC1O. The molecule has 10 heteroatoms. The predicted molar refractivity (Wildman–Crippen MR) is 125 cm³/mol. The van der Waals surface area contributed by atoms with Crippen molar-refractivity contribution in [3.05, 3.63) is 54.1 Å². The van der Waals surface area contributed by atoms with Gasteiger partial charge in [-0.05, 0) is 36.2 Å². The minimum atomic E-state index is -1.09. The van der Waals surface area contributed by atoms with Crippen molar-refractivity contribution in [1.82, 2.24) is 5.32 Å². The lowest BCUT2D eigenvalue weighted by Crippen LogP contribution is -2.47. The van der Waals surface area contributed by atoms with E-state index in [9.17, 15) is 24.9 Å². The Kier molecular flexibility index (Phi) is 10.0. The van der Waals surface area contributed by atoms with Gasteiger partial charge in [0.25, 0.3) is 5.91 Å². The number of carbonyl (C=O) groups excluding carboxylic acids is 1. The lowest BCUT2D eigenvalue weighted by molar-refractivity contribution is -0.263. The molecule has 35 heavy (non-hydrogen) atoms. The minimum Gasteiger partial charge on any atom is -0.484 e. The summed E-state index contributed by atoms with van der Waals surface area (Å²) >= 11 is 0. The maximum absolute atomic E-state index is 12.1. The first-order valence-electron chi connectivity index (χ1n) is 11.4. The topological polar surface area (TPSA) is 144 Å². The van der Waals surface area contributed by atoms with Crippen molar-refractivity contribution in [1.29, 1.82) is 0 Å². The molecule has 1 amide bonds. The molecule has 3 rings (SSSR count). The van der Waals surface area contributed by atoms with E-state index >= 15 is 0 Å². The molecule has 0 spiro atoms. The van der Waals surface area contributed by atoms with E-state index in [1.165, 1.54) is 6.07 Å². The van der Waals surface area contributed by atoms with Crippen molar-refractivity contribution in [2.45, 2.75) is 37.9 Å². The summed E-state index contributed by atoms with van der Waals surface area (Å²) in [6.07, 6.45) is -2.66. The molecule has 1 fully saturated rings. The number of aliphatic hydroxyl groups excluding tert-OH is 2. The van der Waals surface area contributed by atoms with Gasteiger partial charge in [-0.2, -0.15) is 0 Å². The number of aliphatic hydroxyl groups is 2. The van der Waals surface area contributed by atoms with Gasteiger partial charge in [0.1, 0.15) is 11.9 Å². The van der Waals surface area contributed by atoms with Crippen LogP contribution in [0.1, 0.15) is 23.7 Å². The number of carboxylic acid groups (broad SMARTS) is 1. The van der Waals surface area contributed by atoms with E-state index in [0.29, 0.717) is 5.56 Å². The predicted octanol–water partition coefficient (Wildman–Crippen LogP) is 1.44. The van der Waals surface area contributed by atoms with Gasteiger partial charge in [-0.3, -0.25) is 4.79 Å². The quantitative estimate of drug-likeness (QED) is 0.326. The summed E-state index contributed by atoms with van der Waals surface area (Å²) in [6, 6.07) is 13.9. The highest BCUT2D eigenvalue weighted by atomic mass is 16.7. The highest BCUT2D eigenvalue weighted by molar-refractivity contribution is 5.90. The van der Waals surface area contributed by atoms with Crippen LogP contribution in [0.25, 0.3) is 11.1 Å². The van der Waals surface area contributed by atoms with Crippen molar-refractivity contribution in [2.24, 2.45) is 0 Å².